The number of rotatable bonds is 4. The Morgan fingerprint density at radius 3 is 2.79 bits per heavy atom. The van der Waals surface area contributed by atoms with Crippen LogP contribution in [0.15, 0.2) is 48.8 Å². The second-order valence-electron chi connectivity index (χ2n) is 5.39. The fraction of sp³-hybridized carbons (Fsp3) is 0.176. The van der Waals surface area contributed by atoms with Crippen LogP contribution in [-0.2, 0) is 4.79 Å². The summed E-state index contributed by atoms with van der Waals surface area (Å²) in [5.74, 6) is 0.714. The summed E-state index contributed by atoms with van der Waals surface area (Å²) in [5.41, 5.74) is 1.50. The maximum atomic E-state index is 11.8. The van der Waals surface area contributed by atoms with Crippen LogP contribution in [-0.4, -0.2) is 27.4 Å². The Kier molecular flexibility index (Phi) is 3.99. The van der Waals surface area contributed by atoms with Crippen LogP contribution in [0.25, 0.3) is 16.7 Å². The highest BCUT2D eigenvalue weighted by Gasteiger charge is 2.11. The minimum absolute atomic E-state index is 0.0338. The van der Waals surface area contributed by atoms with Gasteiger partial charge in [0.05, 0.1) is 16.1 Å². The quantitative estimate of drug-likeness (QED) is 0.544. The number of carbonyl (C=O) groups is 1. The van der Waals surface area contributed by atoms with Crippen LogP contribution in [0, 0.1) is 10.1 Å². The minimum Gasteiger partial charge on any atom is -0.314 e. The van der Waals surface area contributed by atoms with Crippen molar-refractivity contribution in [2.75, 3.05) is 11.9 Å². The van der Waals surface area contributed by atoms with Crippen molar-refractivity contribution in [1.82, 2.24) is 9.55 Å². The van der Waals surface area contributed by atoms with E-state index in [2.05, 4.69) is 4.98 Å². The SMILES string of the molecule is CCC(=O)N(C)c1ccn(-c2ccc3cc([N+](=O)[O-])ccc3n2)c1. The molecule has 0 saturated heterocycles. The highest BCUT2D eigenvalue weighted by Crippen LogP contribution is 2.22. The molecule has 0 aliphatic heterocycles. The average molecular weight is 324 g/mol. The molecule has 2 aromatic heterocycles. The van der Waals surface area contributed by atoms with Crippen LogP contribution in [0.2, 0.25) is 0 Å². The van der Waals surface area contributed by atoms with Gasteiger partial charge in [-0.1, -0.05) is 6.92 Å². The van der Waals surface area contributed by atoms with Crippen molar-refractivity contribution < 1.29 is 9.72 Å². The molecule has 122 valence electrons. The van der Waals surface area contributed by atoms with Crippen molar-refractivity contribution in [3.05, 3.63) is 58.9 Å². The molecule has 7 nitrogen and oxygen atoms in total. The molecule has 0 saturated carbocycles. The van der Waals surface area contributed by atoms with Gasteiger partial charge < -0.3 is 9.47 Å². The molecule has 0 aliphatic carbocycles. The molecule has 0 bridgehead atoms. The molecule has 1 amide bonds. The van der Waals surface area contributed by atoms with Gasteiger partial charge in [0.2, 0.25) is 5.91 Å². The molecule has 0 atom stereocenters. The molecule has 0 spiro atoms. The van der Waals surface area contributed by atoms with E-state index in [0.717, 1.165) is 5.69 Å². The zero-order valence-electron chi connectivity index (χ0n) is 13.3. The van der Waals surface area contributed by atoms with Crippen LogP contribution in [0.1, 0.15) is 13.3 Å². The summed E-state index contributed by atoms with van der Waals surface area (Å²) >= 11 is 0. The summed E-state index contributed by atoms with van der Waals surface area (Å²) in [5, 5.41) is 11.5. The van der Waals surface area contributed by atoms with Gasteiger partial charge in [-0.15, -0.1) is 0 Å². The summed E-state index contributed by atoms with van der Waals surface area (Å²) < 4.78 is 1.82. The van der Waals surface area contributed by atoms with Crippen molar-refractivity contribution in [3.8, 4) is 5.82 Å². The monoisotopic (exact) mass is 324 g/mol. The Bertz CT molecular complexity index is 932. The fourth-order valence-electron chi connectivity index (χ4n) is 2.47. The molecule has 3 rings (SSSR count). The largest absolute Gasteiger partial charge is 0.314 e. The van der Waals surface area contributed by atoms with E-state index in [0.29, 0.717) is 23.1 Å². The molecule has 0 N–H and O–H groups in total. The topological polar surface area (TPSA) is 81.3 Å². The number of hydrogen-bond donors (Lipinski definition) is 0. The molecule has 0 aliphatic rings. The van der Waals surface area contributed by atoms with Crippen LogP contribution in [0.3, 0.4) is 0 Å². The number of nitro groups is 1. The van der Waals surface area contributed by atoms with Crippen LogP contribution >= 0.6 is 0 Å². The maximum Gasteiger partial charge on any atom is 0.270 e. The second-order valence-corrected chi connectivity index (χ2v) is 5.39. The van der Waals surface area contributed by atoms with Gasteiger partial charge in [0, 0.05) is 43.4 Å². The number of benzene rings is 1. The fourth-order valence-corrected chi connectivity index (χ4v) is 2.47. The van der Waals surface area contributed by atoms with Gasteiger partial charge in [-0.25, -0.2) is 4.98 Å². The first-order valence-electron chi connectivity index (χ1n) is 7.49. The van der Waals surface area contributed by atoms with Crippen LogP contribution in [0.4, 0.5) is 11.4 Å². The Labute approximate surface area is 138 Å². The molecule has 0 unspecified atom stereocenters. The van der Waals surface area contributed by atoms with Crippen molar-refractivity contribution in [3.63, 3.8) is 0 Å². The van der Waals surface area contributed by atoms with Gasteiger partial charge in [-0.2, -0.15) is 0 Å². The van der Waals surface area contributed by atoms with Crippen LogP contribution < -0.4 is 4.90 Å². The van der Waals surface area contributed by atoms with Crippen molar-refractivity contribution in [2.24, 2.45) is 0 Å². The lowest BCUT2D eigenvalue weighted by Crippen LogP contribution is -2.24. The van der Waals surface area contributed by atoms with Gasteiger partial charge in [-0.3, -0.25) is 14.9 Å². The first kappa shape index (κ1) is 15.7. The number of nitro benzene ring substituents is 1. The lowest BCUT2D eigenvalue weighted by Gasteiger charge is -2.13. The summed E-state index contributed by atoms with van der Waals surface area (Å²) in [6.45, 7) is 1.82. The number of carbonyl (C=O) groups excluding carboxylic acids is 1. The molecule has 2 heterocycles. The number of nitrogens with zero attached hydrogens (tertiary/aromatic N) is 4. The molecule has 24 heavy (non-hydrogen) atoms. The highest BCUT2D eigenvalue weighted by atomic mass is 16.6. The highest BCUT2D eigenvalue weighted by molar-refractivity contribution is 5.92. The molecule has 7 heteroatoms. The number of fused-ring (bicyclic) bond motifs is 1. The third-order valence-corrected chi connectivity index (χ3v) is 3.87. The Morgan fingerprint density at radius 1 is 1.29 bits per heavy atom. The lowest BCUT2D eigenvalue weighted by molar-refractivity contribution is -0.384. The van der Waals surface area contributed by atoms with E-state index in [1.165, 1.54) is 12.1 Å². The number of pyridine rings is 1. The lowest BCUT2D eigenvalue weighted by atomic mass is 10.2. The first-order chi connectivity index (χ1) is 11.5. The Balaban J connectivity index is 1.95. The van der Waals surface area contributed by atoms with Gasteiger partial charge in [0.15, 0.2) is 0 Å². The van der Waals surface area contributed by atoms with Gasteiger partial charge in [0.25, 0.3) is 5.69 Å². The smallest absolute Gasteiger partial charge is 0.270 e. The molecule has 3 aromatic rings. The van der Waals surface area contributed by atoms with E-state index < -0.39 is 4.92 Å². The van der Waals surface area contributed by atoms with E-state index in [4.69, 9.17) is 0 Å². The number of amides is 1. The molecular weight excluding hydrogens is 308 g/mol. The predicted octanol–water partition coefficient (Wildman–Crippen LogP) is 3.31. The number of hydrogen-bond acceptors (Lipinski definition) is 4. The average Bonchev–Trinajstić information content (AvgIpc) is 3.09. The zero-order valence-corrected chi connectivity index (χ0v) is 13.3. The van der Waals surface area contributed by atoms with Gasteiger partial charge in [-0.05, 0) is 24.3 Å². The summed E-state index contributed by atoms with van der Waals surface area (Å²) in [4.78, 5) is 28.3. The Morgan fingerprint density at radius 2 is 2.08 bits per heavy atom. The van der Waals surface area contributed by atoms with Gasteiger partial charge in [0.1, 0.15) is 5.82 Å². The van der Waals surface area contributed by atoms with E-state index in [-0.39, 0.29) is 11.6 Å². The van der Waals surface area contributed by atoms with E-state index in [1.807, 2.05) is 30.0 Å². The maximum absolute atomic E-state index is 11.8. The van der Waals surface area contributed by atoms with Gasteiger partial charge >= 0.3 is 0 Å². The minimum atomic E-state index is -0.424. The molecule has 0 radical (unpaired) electrons. The van der Waals surface area contributed by atoms with E-state index >= 15 is 0 Å². The third-order valence-electron chi connectivity index (χ3n) is 3.87. The summed E-state index contributed by atoms with van der Waals surface area (Å²) in [6, 6.07) is 10.0. The second kappa shape index (κ2) is 6.11. The number of aromatic nitrogens is 2. The summed E-state index contributed by atoms with van der Waals surface area (Å²) in [6.07, 6.45) is 4.09. The molecule has 0 fully saturated rings. The third kappa shape index (κ3) is 2.83. The molecule has 1 aromatic carbocycles. The molecular formula is C17H16N4O3. The van der Waals surface area contributed by atoms with Crippen LogP contribution in [0.5, 0.6) is 0 Å². The predicted molar refractivity (Wildman–Crippen MR) is 91.4 cm³/mol. The summed E-state index contributed by atoms with van der Waals surface area (Å²) in [7, 11) is 1.73. The zero-order chi connectivity index (χ0) is 17.3. The number of non-ortho nitro benzene ring substituents is 1. The van der Waals surface area contributed by atoms with Crippen molar-refractivity contribution >= 4 is 28.2 Å². The normalized spacial score (nSPS) is 10.8. The standard InChI is InChI=1S/C17H16N4O3/c1-3-17(22)19(2)14-8-9-20(11-14)16-7-4-12-10-13(21(23)24)5-6-15(12)18-16/h4-11H,3H2,1-2H3. The Hall–Kier alpha value is -3.22. The first-order valence-corrected chi connectivity index (χ1v) is 7.49. The number of anilines is 1. The van der Waals surface area contributed by atoms with Crippen molar-refractivity contribution in [2.45, 2.75) is 13.3 Å². The van der Waals surface area contributed by atoms with E-state index in [1.54, 1.807) is 30.1 Å². The van der Waals surface area contributed by atoms with E-state index in [9.17, 15) is 14.9 Å². The van der Waals surface area contributed by atoms with Crippen molar-refractivity contribution in [1.29, 1.82) is 0 Å².